The van der Waals surface area contributed by atoms with Crippen LogP contribution in [0.2, 0.25) is 0 Å². The first-order valence-corrected chi connectivity index (χ1v) is 11.1. The van der Waals surface area contributed by atoms with Crippen molar-refractivity contribution in [1.29, 1.82) is 0 Å². The first-order chi connectivity index (χ1) is 14.2. The van der Waals surface area contributed by atoms with Gasteiger partial charge in [0.25, 0.3) is 0 Å². The number of hydrogen-bond acceptors (Lipinski definition) is 6. The average molecular weight is 411 g/mol. The molecule has 1 saturated carbocycles. The van der Waals surface area contributed by atoms with Crippen molar-refractivity contribution in [2.45, 2.75) is 59.3 Å². The molecule has 0 aromatic heterocycles. The van der Waals surface area contributed by atoms with E-state index in [0.29, 0.717) is 42.4 Å². The minimum atomic E-state index is -0.732. The lowest BCUT2D eigenvalue weighted by molar-refractivity contribution is -0.143. The van der Waals surface area contributed by atoms with Gasteiger partial charge in [0.15, 0.2) is 5.76 Å². The summed E-state index contributed by atoms with van der Waals surface area (Å²) in [4.78, 5) is 41.1. The maximum absolute atomic E-state index is 13.5. The zero-order valence-corrected chi connectivity index (χ0v) is 18.0. The van der Waals surface area contributed by atoms with Gasteiger partial charge in [0.2, 0.25) is 5.78 Å². The third-order valence-corrected chi connectivity index (χ3v) is 8.44. The molecule has 0 aromatic carbocycles. The standard InChI is InChI=1S/C24H29NO5/c1-13(25-10-4-5-11-25)17-19-21(28)20(27)18-14-6-7-16(26)23(14,2)9-8-15(18)24(19,3)12-30-22(17)29/h14,28H,4-12H2,1-3H3/b17-13+. The highest BCUT2D eigenvalue weighted by atomic mass is 16.5. The van der Waals surface area contributed by atoms with Crippen molar-refractivity contribution in [1.82, 2.24) is 4.90 Å². The Hall–Kier alpha value is -2.37. The van der Waals surface area contributed by atoms with Gasteiger partial charge in [-0.3, -0.25) is 9.59 Å². The van der Waals surface area contributed by atoms with Crippen LogP contribution in [0.1, 0.15) is 59.3 Å². The quantitative estimate of drug-likeness (QED) is 0.526. The normalized spacial score (nSPS) is 37.9. The molecule has 0 bridgehead atoms. The molecular weight excluding hydrogens is 382 g/mol. The number of rotatable bonds is 1. The average Bonchev–Trinajstić information content (AvgIpc) is 3.35. The third kappa shape index (κ3) is 2.33. The molecule has 30 heavy (non-hydrogen) atoms. The molecular formula is C24H29NO5. The number of ketones is 2. The van der Waals surface area contributed by atoms with Crippen molar-refractivity contribution >= 4 is 17.5 Å². The van der Waals surface area contributed by atoms with Crippen LogP contribution in [0, 0.1) is 16.7 Å². The van der Waals surface area contributed by atoms with Gasteiger partial charge in [-0.05, 0) is 51.5 Å². The van der Waals surface area contributed by atoms with Crippen LogP contribution in [0.15, 0.2) is 33.7 Å². The van der Waals surface area contributed by atoms with E-state index in [1.54, 1.807) is 0 Å². The fraction of sp³-hybridized carbons (Fsp3) is 0.625. The van der Waals surface area contributed by atoms with E-state index >= 15 is 0 Å². The number of Topliss-reactive ketones (excluding diaryl/α,β-unsaturated/α-hetero) is 2. The molecule has 5 rings (SSSR count). The zero-order valence-electron chi connectivity index (χ0n) is 18.0. The van der Waals surface area contributed by atoms with Crippen molar-refractivity contribution < 1.29 is 24.2 Å². The van der Waals surface area contributed by atoms with Gasteiger partial charge in [-0.25, -0.2) is 4.79 Å². The molecule has 3 aliphatic carbocycles. The van der Waals surface area contributed by atoms with E-state index in [1.165, 1.54) is 0 Å². The van der Waals surface area contributed by atoms with Gasteiger partial charge in [-0.2, -0.15) is 0 Å². The molecule has 160 valence electrons. The Morgan fingerprint density at radius 1 is 1.13 bits per heavy atom. The minimum Gasteiger partial charge on any atom is -0.504 e. The molecule has 3 atom stereocenters. The van der Waals surface area contributed by atoms with E-state index in [2.05, 4.69) is 4.90 Å². The van der Waals surface area contributed by atoms with Crippen LogP contribution < -0.4 is 0 Å². The van der Waals surface area contributed by atoms with Crippen molar-refractivity contribution in [3.05, 3.63) is 33.7 Å². The van der Waals surface area contributed by atoms with Crippen LogP contribution in [0.5, 0.6) is 0 Å². The molecule has 0 amide bonds. The van der Waals surface area contributed by atoms with Crippen molar-refractivity contribution in [3.8, 4) is 0 Å². The molecule has 2 heterocycles. The Morgan fingerprint density at radius 2 is 1.83 bits per heavy atom. The monoisotopic (exact) mass is 411 g/mol. The summed E-state index contributed by atoms with van der Waals surface area (Å²) in [6.07, 6.45) is 4.56. The Morgan fingerprint density at radius 3 is 2.53 bits per heavy atom. The zero-order chi connectivity index (χ0) is 21.4. The summed E-state index contributed by atoms with van der Waals surface area (Å²) in [5.74, 6) is -1.14. The smallest absolute Gasteiger partial charge is 0.340 e. The summed E-state index contributed by atoms with van der Waals surface area (Å²) in [6.45, 7) is 7.66. The van der Waals surface area contributed by atoms with Crippen LogP contribution in [-0.4, -0.2) is 47.2 Å². The van der Waals surface area contributed by atoms with E-state index in [4.69, 9.17) is 4.74 Å². The van der Waals surface area contributed by atoms with Gasteiger partial charge in [0.1, 0.15) is 12.4 Å². The highest BCUT2D eigenvalue weighted by molar-refractivity contribution is 6.13. The van der Waals surface area contributed by atoms with E-state index in [-0.39, 0.29) is 24.1 Å². The summed E-state index contributed by atoms with van der Waals surface area (Å²) in [5.41, 5.74) is 1.85. The van der Waals surface area contributed by atoms with Gasteiger partial charge < -0.3 is 14.7 Å². The summed E-state index contributed by atoms with van der Waals surface area (Å²) in [5, 5.41) is 11.2. The van der Waals surface area contributed by atoms with Crippen LogP contribution in [-0.2, 0) is 19.1 Å². The molecule has 0 aromatic rings. The maximum atomic E-state index is 13.5. The summed E-state index contributed by atoms with van der Waals surface area (Å²) >= 11 is 0. The molecule has 5 aliphatic rings. The van der Waals surface area contributed by atoms with Crippen LogP contribution in [0.3, 0.4) is 0 Å². The first-order valence-electron chi connectivity index (χ1n) is 11.1. The van der Waals surface area contributed by atoms with Crippen molar-refractivity contribution in [3.63, 3.8) is 0 Å². The summed E-state index contributed by atoms with van der Waals surface area (Å²) in [7, 11) is 0. The van der Waals surface area contributed by atoms with Crippen LogP contribution >= 0.6 is 0 Å². The molecule has 2 saturated heterocycles. The predicted octanol–water partition coefficient (Wildman–Crippen LogP) is 3.39. The second-order valence-electron chi connectivity index (χ2n) is 9.94. The SMILES string of the molecule is C/C(=C1\C(=O)OCC2(C)C3=C(C(=O)C(O)=C12)C1CCC(=O)C1(C)CC3)N1CCCC1. The van der Waals surface area contributed by atoms with Gasteiger partial charge >= 0.3 is 5.97 Å². The molecule has 3 unspecified atom stereocenters. The van der Waals surface area contributed by atoms with E-state index in [0.717, 1.165) is 37.2 Å². The van der Waals surface area contributed by atoms with Gasteiger partial charge in [0, 0.05) is 47.7 Å². The number of carbonyl (C=O) groups is 3. The maximum Gasteiger partial charge on any atom is 0.340 e. The third-order valence-electron chi connectivity index (χ3n) is 8.44. The fourth-order valence-electron chi connectivity index (χ4n) is 6.58. The fourth-order valence-corrected chi connectivity index (χ4v) is 6.58. The summed E-state index contributed by atoms with van der Waals surface area (Å²) in [6, 6.07) is 0. The highest BCUT2D eigenvalue weighted by Crippen LogP contribution is 2.60. The van der Waals surface area contributed by atoms with Crippen LogP contribution in [0.25, 0.3) is 0 Å². The molecule has 1 N–H and O–H groups in total. The molecule has 0 radical (unpaired) electrons. The van der Waals surface area contributed by atoms with E-state index < -0.39 is 22.6 Å². The number of cyclic esters (lactones) is 1. The van der Waals surface area contributed by atoms with Gasteiger partial charge in [-0.1, -0.05) is 6.92 Å². The number of likely N-dealkylation sites (tertiary alicyclic amines) is 1. The minimum absolute atomic E-state index is 0.117. The van der Waals surface area contributed by atoms with E-state index in [1.807, 2.05) is 20.8 Å². The number of fused-ring (bicyclic) bond motifs is 4. The molecule has 3 fully saturated rings. The Kier molecular flexibility index (Phi) is 4.12. The number of aliphatic hydroxyl groups is 1. The lowest BCUT2D eigenvalue weighted by Gasteiger charge is -2.48. The Labute approximate surface area is 176 Å². The molecule has 0 spiro atoms. The Bertz CT molecular complexity index is 980. The van der Waals surface area contributed by atoms with Crippen molar-refractivity contribution in [2.75, 3.05) is 19.7 Å². The lowest BCUT2D eigenvalue weighted by atomic mass is 9.56. The van der Waals surface area contributed by atoms with Crippen molar-refractivity contribution in [2.24, 2.45) is 16.7 Å². The molecule has 2 aliphatic heterocycles. The number of aliphatic hydroxyl groups excluding tert-OH is 1. The Balaban J connectivity index is 1.69. The topological polar surface area (TPSA) is 83.9 Å². The number of carbonyl (C=O) groups excluding carboxylic acids is 3. The molecule has 6 nitrogen and oxygen atoms in total. The highest BCUT2D eigenvalue weighted by Gasteiger charge is 2.59. The number of nitrogens with zero attached hydrogens (tertiary/aromatic N) is 1. The lowest BCUT2D eigenvalue weighted by Crippen LogP contribution is -2.48. The number of allylic oxidation sites excluding steroid dienone is 2. The second kappa shape index (κ2) is 6.32. The number of esters is 1. The predicted molar refractivity (Wildman–Crippen MR) is 109 cm³/mol. The van der Waals surface area contributed by atoms with E-state index in [9.17, 15) is 19.5 Å². The van der Waals surface area contributed by atoms with Gasteiger partial charge in [0.05, 0.1) is 11.0 Å². The van der Waals surface area contributed by atoms with Gasteiger partial charge in [-0.15, -0.1) is 0 Å². The first kappa shape index (κ1) is 19.6. The largest absolute Gasteiger partial charge is 0.504 e. The summed E-state index contributed by atoms with van der Waals surface area (Å²) < 4.78 is 5.65. The second-order valence-corrected chi connectivity index (χ2v) is 9.94. The number of hydrogen-bond donors (Lipinski definition) is 1. The van der Waals surface area contributed by atoms with Crippen LogP contribution in [0.4, 0.5) is 0 Å². The number of ether oxygens (including phenoxy) is 1. The molecule has 6 heteroatoms.